The molecule has 0 aromatic carbocycles. The van der Waals surface area contributed by atoms with E-state index in [1.165, 1.54) is 0 Å². The number of likely N-dealkylation sites (tertiary alicyclic amines) is 1. The Bertz CT molecular complexity index is 410. The van der Waals surface area contributed by atoms with Gasteiger partial charge in [-0.05, 0) is 23.7 Å². The zero-order valence-corrected chi connectivity index (χ0v) is 12.8. The van der Waals surface area contributed by atoms with Crippen molar-refractivity contribution in [3.63, 3.8) is 0 Å². The maximum atomic E-state index is 12.5. The lowest BCUT2D eigenvalue weighted by Crippen LogP contribution is -2.44. The van der Waals surface area contributed by atoms with E-state index in [1.807, 2.05) is 18.7 Å². The van der Waals surface area contributed by atoms with Gasteiger partial charge in [-0.15, -0.1) is 0 Å². The van der Waals surface area contributed by atoms with Crippen LogP contribution in [-0.4, -0.2) is 48.7 Å². The van der Waals surface area contributed by atoms with Gasteiger partial charge < -0.3 is 14.7 Å². The minimum atomic E-state index is -0.852. The van der Waals surface area contributed by atoms with Crippen LogP contribution in [0.3, 0.4) is 0 Å². The number of hydrogen-bond donors (Lipinski definition) is 1. The first-order chi connectivity index (χ1) is 9.23. The molecule has 2 rings (SSSR count). The number of amides is 1. The minimum absolute atomic E-state index is 0.0156. The van der Waals surface area contributed by atoms with E-state index < -0.39 is 17.3 Å². The lowest BCUT2D eigenvalue weighted by atomic mass is 9.81. The molecule has 1 heterocycles. The van der Waals surface area contributed by atoms with Crippen molar-refractivity contribution in [3.8, 4) is 0 Å². The van der Waals surface area contributed by atoms with Gasteiger partial charge in [0, 0.05) is 20.2 Å². The van der Waals surface area contributed by atoms with Crippen LogP contribution in [0.1, 0.15) is 33.6 Å². The van der Waals surface area contributed by atoms with Crippen molar-refractivity contribution in [1.29, 1.82) is 0 Å². The molecule has 0 spiro atoms. The molecular weight excluding hydrogens is 258 g/mol. The van der Waals surface area contributed by atoms with Crippen LogP contribution in [0.4, 0.5) is 0 Å². The van der Waals surface area contributed by atoms with Crippen molar-refractivity contribution in [3.05, 3.63) is 0 Å². The number of carbonyl (C=O) groups excluding carboxylic acids is 1. The van der Waals surface area contributed by atoms with Crippen LogP contribution in [-0.2, 0) is 14.3 Å². The molecule has 1 aliphatic heterocycles. The number of nitrogens with zero attached hydrogens (tertiary/aromatic N) is 1. The molecule has 2 atom stereocenters. The average molecular weight is 283 g/mol. The van der Waals surface area contributed by atoms with Crippen molar-refractivity contribution >= 4 is 11.9 Å². The Morgan fingerprint density at radius 2 is 1.75 bits per heavy atom. The van der Waals surface area contributed by atoms with Crippen LogP contribution >= 0.6 is 0 Å². The highest BCUT2D eigenvalue weighted by Gasteiger charge is 2.66. The summed E-state index contributed by atoms with van der Waals surface area (Å²) in [6.45, 7) is 8.04. The second kappa shape index (κ2) is 5.02. The molecule has 0 bridgehead atoms. The maximum absolute atomic E-state index is 12.5. The first-order valence-electron chi connectivity index (χ1n) is 7.23. The molecule has 114 valence electrons. The van der Waals surface area contributed by atoms with Crippen LogP contribution in [0.15, 0.2) is 0 Å². The molecule has 5 nitrogen and oxygen atoms in total. The predicted molar refractivity (Wildman–Crippen MR) is 74.2 cm³/mol. The summed E-state index contributed by atoms with van der Waals surface area (Å²) < 4.78 is 5.24. The minimum Gasteiger partial charge on any atom is -0.481 e. The Hall–Kier alpha value is -1.10. The monoisotopic (exact) mass is 283 g/mol. The van der Waals surface area contributed by atoms with Gasteiger partial charge in [-0.25, -0.2) is 0 Å². The predicted octanol–water partition coefficient (Wildman–Crippen LogP) is 1.62. The zero-order chi connectivity index (χ0) is 15.1. The number of piperidine rings is 1. The van der Waals surface area contributed by atoms with Gasteiger partial charge in [-0.3, -0.25) is 9.59 Å². The second-order valence-electron chi connectivity index (χ2n) is 7.18. The second-order valence-corrected chi connectivity index (χ2v) is 7.18. The Morgan fingerprint density at radius 1 is 1.20 bits per heavy atom. The van der Waals surface area contributed by atoms with E-state index in [1.54, 1.807) is 7.11 Å². The molecule has 2 aliphatic rings. The largest absolute Gasteiger partial charge is 0.481 e. The van der Waals surface area contributed by atoms with E-state index in [9.17, 15) is 14.7 Å². The Balaban J connectivity index is 1.95. The third-order valence-electron chi connectivity index (χ3n) is 5.13. The van der Waals surface area contributed by atoms with Gasteiger partial charge in [0.05, 0.1) is 18.4 Å². The average Bonchev–Trinajstić information content (AvgIpc) is 2.92. The van der Waals surface area contributed by atoms with Crippen molar-refractivity contribution < 1.29 is 19.4 Å². The normalized spacial score (nSPS) is 30.9. The molecule has 20 heavy (non-hydrogen) atoms. The fraction of sp³-hybridized carbons (Fsp3) is 0.867. The van der Waals surface area contributed by atoms with E-state index in [-0.39, 0.29) is 17.2 Å². The van der Waals surface area contributed by atoms with E-state index >= 15 is 0 Å². The van der Waals surface area contributed by atoms with Gasteiger partial charge >= 0.3 is 5.97 Å². The maximum Gasteiger partial charge on any atom is 0.307 e. The van der Waals surface area contributed by atoms with Crippen LogP contribution < -0.4 is 0 Å². The van der Waals surface area contributed by atoms with Gasteiger partial charge in [0.25, 0.3) is 0 Å². The number of carboxylic acid groups (broad SMARTS) is 1. The SMILES string of the molecule is COCC1(C)CCN(C(=O)[C@@H]2[C@H](C(=O)O)C2(C)C)CC1. The van der Waals surface area contributed by atoms with Gasteiger partial charge in [0.2, 0.25) is 5.91 Å². The first-order valence-corrected chi connectivity index (χ1v) is 7.23. The van der Waals surface area contributed by atoms with Crippen LogP contribution in [0, 0.1) is 22.7 Å². The van der Waals surface area contributed by atoms with E-state index in [4.69, 9.17) is 4.74 Å². The molecule has 1 saturated heterocycles. The quantitative estimate of drug-likeness (QED) is 0.851. The molecule has 0 radical (unpaired) electrons. The summed E-state index contributed by atoms with van der Waals surface area (Å²) in [5.74, 6) is -1.72. The van der Waals surface area contributed by atoms with Gasteiger partial charge in [-0.1, -0.05) is 20.8 Å². The van der Waals surface area contributed by atoms with E-state index in [0.29, 0.717) is 19.7 Å². The van der Waals surface area contributed by atoms with Crippen molar-refractivity contribution in [2.75, 3.05) is 26.8 Å². The van der Waals surface area contributed by atoms with Crippen molar-refractivity contribution in [1.82, 2.24) is 4.90 Å². The summed E-state index contributed by atoms with van der Waals surface area (Å²) in [5.41, 5.74) is -0.271. The molecule has 0 aromatic heterocycles. The molecular formula is C15H25NO4. The Morgan fingerprint density at radius 3 is 2.15 bits per heavy atom. The molecule has 2 fully saturated rings. The fourth-order valence-electron chi connectivity index (χ4n) is 3.52. The van der Waals surface area contributed by atoms with Crippen LogP contribution in [0.25, 0.3) is 0 Å². The molecule has 0 unspecified atom stereocenters. The summed E-state index contributed by atoms with van der Waals surface area (Å²) in [4.78, 5) is 25.5. The summed E-state index contributed by atoms with van der Waals surface area (Å²) >= 11 is 0. The number of carbonyl (C=O) groups is 2. The molecule has 1 amide bonds. The van der Waals surface area contributed by atoms with Gasteiger partial charge in [0.15, 0.2) is 0 Å². The molecule has 1 aliphatic carbocycles. The Kier molecular flexibility index (Phi) is 3.84. The first kappa shape index (κ1) is 15.3. The summed E-state index contributed by atoms with van der Waals surface area (Å²) in [6.07, 6.45) is 1.83. The standard InChI is InChI=1S/C15H25NO4/c1-14(2)10(11(14)13(18)19)12(17)16-7-5-15(3,6-8-16)9-20-4/h10-11H,5-9H2,1-4H3,(H,18,19)/t10-,11+/m0/s1. The summed E-state index contributed by atoms with van der Waals surface area (Å²) in [7, 11) is 1.70. The highest BCUT2D eigenvalue weighted by Crippen LogP contribution is 2.59. The third-order valence-corrected chi connectivity index (χ3v) is 5.13. The number of carboxylic acids is 1. The van der Waals surface area contributed by atoms with Gasteiger partial charge in [-0.2, -0.15) is 0 Å². The zero-order valence-electron chi connectivity index (χ0n) is 12.8. The molecule has 5 heteroatoms. The number of ether oxygens (including phenoxy) is 1. The number of rotatable bonds is 4. The summed E-state index contributed by atoms with van der Waals surface area (Å²) in [6, 6.07) is 0. The summed E-state index contributed by atoms with van der Waals surface area (Å²) in [5, 5.41) is 9.17. The lowest BCUT2D eigenvalue weighted by molar-refractivity contribution is -0.142. The van der Waals surface area contributed by atoms with Crippen molar-refractivity contribution in [2.45, 2.75) is 33.6 Å². The van der Waals surface area contributed by atoms with Crippen molar-refractivity contribution in [2.24, 2.45) is 22.7 Å². The van der Waals surface area contributed by atoms with Crippen LogP contribution in [0.2, 0.25) is 0 Å². The Labute approximate surface area is 120 Å². The smallest absolute Gasteiger partial charge is 0.307 e. The van der Waals surface area contributed by atoms with Crippen LogP contribution in [0.5, 0.6) is 0 Å². The molecule has 1 saturated carbocycles. The third kappa shape index (κ3) is 2.55. The highest BCUT2D eigenvalue weighted by molar-refractivity contribution is 5.91. The highest BCUT2D eigenvalue weighted by atomic mass is 16.5. The molecule has 0 aromatic rings. The van der Waals surface area contributed by atoms with E-state index in [0.717, 1.165) is 12.8 Å². The molecule has 1 N–H and O–H groups in total. The number of aliphatic carboxylic acids is 1. The number of hydrogen-bond acceptors (Lipinski definition) is 3. The van der Waals surface area contributed by atoms with Gasteiger partial charge in [0.1, 0.15) is 0 Å². The lowest BCUT2D eigenvalue weighted by Gasteiger charge is -2.39. The topological polar surface area (TPSA) is 66.8 Å². The number of methoxy groups -OCH3 is 1. The van der Waals surface area contributed by atoms with E-state index in [2.05, 4.69) is 6.92 Å². The fourth-order valence-corrected chi connectivity index (χ4v) is 3.52.